The van der Waals surface area contributed by atoms with Crippen molar-refractivity contribution in [3.63, 3.8) is 0 Å². The van der Waals surface area contributed by atoms with Crippen molar-refractivity contribution in [2.24, 2.45) is 5.73 Å². The predicted octanol–water partition coefficient (Wildman–Crippen LogP) is 0.996. The van der Waals surface area contributed by atoms with E-state index in [-0.39, 0.29) is 5.91 Å². The smallest absolute Gasteiger partial charge is 0.331 e. The van der Waals surface area contributed by atoms with Crippen molar-refractivity contribution in [3.8, 4) is 0 Å². The van der Waals surface area contributed by atoms with Crippen molar-refractivity contribution in [2.45, 2.75) is 31.8 Å². The van der Waals surface area contributed by atoms with Gasteiger partial charge in [0.05, 0.1) is 6.04 Å². The first-order chi connectivity index (χ1) is 8.56. The van der Waals surface area contributed by atoms with Crippen LogP contribution in [0.2, 0.25) is 0 Å². The number of hydrogen-bond acceptors (Lipinski definition) is 4. The molecule has 3 N–H and O–H groups in total. The quantitative estimate of drug-likeness (QED) is 0.856. The summed E-state index contributed by atoms with van der Waals surface area (Å²) in [6.45, 7) is 2.25. The van der Waals surface area contributed by atoms with Gasteiger partial charge in [0.15, 0.2) is 6.04 Å². The fourth-order valence-electron chi connectivity index (χ4n) is 2.21. The molecule has 1 aliphatic rings. The van der Waals surface area contributed by atoms with Crippen LogP contribution in [-0.2, 0) is 16.0 Å². The van der Waals surface area contributed by atoms with Gasteiger partial charge in [-0.05, 0) is 29.9 Å². The van der Waals surface area contributed by atoms with E-state index in [1.807, 2.05) is 12.3 Å². The van der Waals surface area contributed by atoms with E-state index in [1.165, 1.54) is 4.90 Å². The molecule has 0 aliphatic carbocycles. The third-order valence-corrected chi connectivity index (χ3v) is 4.24. The van der Waals surface area contributed by atoms with Crippen molar-refractivity contribution in [1.82, 2.24) is 4.90 Å². The lowest BCUT2D eigenvalue weighted by Gasteiger charge is -2.34. The molecule has 5 nitrogen and oxygen atoms in total. The summed E-state index contributed by atoms with van der Waals surface area (Å²) in [6, 6.07) is 0.285. The first-order valence-electron chi connectivity index (χ1n) is 5.91. The van der Waals surface area contributed by atoms with Gasteiger partial charge >= 0.3 is 5.97 Å². The zero-order valence-corrected chi connectivity index (χ0v) is 10.9. The Kier molecular flexibility index (Phi) is 3.68. The Morgan fingerprint density at radius 3 is 3.00 bits per heavy atom. The number of thiophene rings is 1. The molecule has 98 valence electrons. The van der Waals surface area contributed by atoms with Crippen molar-refractivity contribution in [2.75, 3.05) is 6.54 Å². The lowest BCUT2D eigenvalue weighted by molar-refractivity contribution is -0.151. The second kappa shape index (κ2) is 5.07. The van der Waals surface area contributed by atoms with E-state index in [9.17, 15) is 14.7 Å². The van der Waals surface area contributed by atoms with Gasteiger partial charge in [-0.15, -0.1) is 11.3 Å². The highest BCUT2D eigenvalue weighted by molar-refractivity contribution is 7.10. The lowest BCUT2D eigenvalue weighted by Crippen LogP contribution is -2.49. The van der Waals surface area contributed by atoms with Crippen LogP contribution in [0.15, 0.2) is 11.4 Å². The van der Waals surface area contributed by atoms with Crippen molar-refractivity contribution in [1.29, 1.82) is 0 Å². The predicted molar refractivity (Wildman–Crippen MR) is 68.4 cm³/mol. The van der Waals surface area contributed by atoms with E-state index >= 15 is 0 Å². The van der Waals surface area contributed by atoms with E-state index < -0.39 is 18.1 Å². The van der Waals surface area contributed by atoms with Crippen LogP contribution in [0, 0.1) is 0 Å². The number of nitrogens with zero attached hydrogens (tertiary/aromatic N) is 1. The van der Waals surface area contributed by atoms with Gasteiger partial charge in [-0.3, -0.25) is 4.79 Å². The Bertz CT molecular complexity index is 472. The Labute approximate surface area is 109 Å². The summed E-state index contributed by atoms with van der Waals surface area (Å²) < 4.78 is 0. The van der Waals surface area contributed by atoms with Crippen molar-refractivity contribution >= 4 is 23.2 Å². The number of carbonyl (C=O) groups excluding carboxylic acids is 1. The minimum Gasteiger partial charge on any atom is -0.479 e. The molecule has 0 radical (unpaired) electrons. The van der Waals surface area contributed by atoms with E-state index in [4.69, 9.17) is 5.73 Å². The van der Waals surface area contributed by atoms with E-state index in [0.29, 0.717) is 19.4 Å². The third-order valence-electron chi connectivity index (χ3n) is 3.24. The zero-order chi connectivity index (χ0) is 13.3. The number of hydrogen-bond donors (Lipinski definition) is 2. The molecule has 2 rings (SSSR count). The van der Waals surface area contributed by atoms with Crippen LogP contribution in [0.3, 0.4) is 0 Å². The van der Waals surface area contributed by atoms with Crippen molar-refractivity contribution < 1.29 is 14.7 Å². The maximum atomic E-state index is 12.1. The fraction of sp³-hybridized carbons (Fsp3) is 0.500. The third kappa shape index (κ3) is 2.13. The summed E-state index contributed by atoms with van der Waals surface area (Å²) in [7, 11) is 0. The molecule has 0 bridgehead atoms. The van der Waals surface area contributed by atoms with Gasteiger partial charge in [0.2, 0.25) is 5.91 Å². The Morgan fingerprint density at radius 2 is 2.39 bits per heavy atom. The Morgan fingerprint density at radius 1 is 1.67 bits per heavy atom. The average Bonchev–Trinajstić information content (AvgIpc) is 2.83. The standard InChI is InChI=1S/C12H16N2O3S/c1-2-8(13)11(15)14-5-3-9-7(4-6-18-9)10(14)12(16)17/h4,6,8,10H,2-3,5,13H2,1H3,(H,16,17). The van der Waals surface area contributed by atoms with Crippen LogP contribution in [0.4, 0.5) is 0 Å². The first kappa shape index (κ1) is 13.0. The number of fused-ring (bicyclic) bond motifs is 1. The molecule has 0 aromatic carbocycles. The minimum atomic E-state index is -0.994. The lowest BCUT2D eigenvalue weighted by atomic mass is 9.99. The number of nitrogens with two attached hydrogens (primary N) is 1. The van der Waals surface area contributed by atoms with Crippen LogP contribution in [0.25, 0.3) is 0 Å². The summed E-state index contributed by atoms with van der Waals surface area (Å²) >= 11 is 1.54. The number of amides is 1. The highest BCUT2D eigenvalue weighted by Gasteiger charge is 2.37. The maximum Gasteiger partial charge on any atom is 0.331 e. The molecule has 1 aliphatic heterocycles. The van der Waals surface area contributed by atoms with Crippen LogP contribution >= 0.6 is 11.3 Å². The SMILES string of the molecule is CCC(N)C(=O)N1CCc2sccc2C1C(=O)O. The van der Waals surface area contributed by atoms with Crippen LogP contribution < -0.4 is 5.73 Å². The summed E-state index contributed by atoms with van der Waals surface area (Å²) in [5.41, 5.74) is 6.46. The summed E-state index contributed by atoms with van der Waals surface area (Å²) in [5.74, 6) is -1.27. The second-order valence-corrected chi connectivity index (χ2v) is 5.34. The molecule has 1 aromatic heterocycles. The summed E-state index contributed by atoms with van der Waals surface area (Å²) in [4.78, 5) is 26.0. The zero-order valence-electron chi connectivity index (χ0n) is 10.1. The molecular formula is C12H16N2O3S. The summed E-state index contributed by atoms with van der Waals surface area (Å²) in [6.07, 6.45) is 1.22. The monoisotopic (exact) mass is 268 g/mol. The molecule has 0 spiro atoms. The second-order valence-electron chi connectivity index (χ2n) is 4.34. The van der Waals surface area contributed by atoms with Crippen LogP contribution in [-0.4, -0.2) is 34.5 Å². The number of carboxylic acids is 1. The minimum absolute atomic E-state index is 0.276. The highest BCUT2D eigenvalue weighted by Crippen LogP contribution is 2.33. The van der Waals surface area contributed by atoms with Gasteiger partial charge in [0.1, 0.15) is 0 Å². The van der Waals surface area contributed by atoms with Gasteiger partial charge in [0.25, 0.3) is 0 Å². The largest absolute Gasteiger partial charge is 0.479 e. The van der Waals surface area contributed by atoms with Crippen LogP contribution in [0.1, 0.15) is 29.8 Å². The van der Waals surface area contributed by atoms with E-state index in [2.05, 4.69) is 0 Å². The van der Waals surface area contributed by atoms with Gasteiger partial charge in [-0.1, -0.05) is 6.92 Å². The molecule has 2 atom stereocenters. The van der Waals surface area contributed by atoms with Gasteiger partial charge in [0, 0.05) is 11.4 Å². The molecule has 0 saturated carbocycles. The molecule has 6 heteroatoms. The summed E-state index contributed by atoms with van der Waals surface area (Å²) in [5, 5.41) is 11.2. The van der Waals surface area contributed by atoms with Crippen LogP contribution in [0.5, 0.6) is 0 Å². The Balaban J connectivity index is 2.33. The maximum absolute atomic E-state index is 12.1. The molecule has 1 amide bonds. The molecule has 2 heterocycles. The Hall–Kier alpha value is -1.40. The topological polar surface area (TPSA) is 83.6 Å². The molecule has 18 heavy (non-hydrogen) atoms. The normalized spacial score (nSPS) is 20.3. The number of aliphatic carboxylic acids is 1. The van der Waals surface area contributed by atoms with Crippen molar-refractivity contribution in [3.05, 3.63) is 21.9 Å². The highest BCUT2D eigenvalue weighted by atomic mass is 32.1. The van der Waals surface area contributed by atoms with Gasteiger partial charge in [-0.25, -0.2) is 4.79 Å². The molecular weight excluding hydrogens is 252 g/mol. The van der Waals surface area contributed by atoms with E-state index in [0.717, 1.165) is 10.4 Å². The number of rotatable bonds is 3. The van der Waals surface area contributed by atoms with E-state index in [1.54, 1.807) is 17.4 Å². The number of carbonyl (C=O) groups is 2. The van der Waals surface area contributed by atoms with Gasteiger partial charge in [-0.2, -0.15) is 0 Å². The number of carboxylic acid groups (broad SMARTS) is 1. The fourth-order valence-corrected chi connectivity index (χ4v) is 3.11. The molecule has 0 saturated heterocycles. The average molecular weight is 268 g/mol. The van der Waals surface area contributed by atoms with Gasteiger partial charge < -0.3 is 15.7 Å². The molecule has 2 unspecified atom stereocenters. The molecule has 1 aromatic rings. The molecule has 0 fully saturated rings. The first-order valence-corrected chi connectivity index (χ1v) is 6.79.